The number of methoxy groups -OCH3 is 1. The van der Waals surface area contributed by atoms with Crippen molar-refractivity contribution in [1.82, 2.24) is 10.2 Å². The number of benzene rings is 1. The maximum Gasteiger partial charge on any atom is 0.288 e. The first-order valence-electron chi connectivity index (χ1n) is 7.42. The number of anilines is 1. The second-order valence-electron chi connectivity index (χ2n) is 5.02. The number of nitrogens with zero attached hydrogens (tertiary/aromatic N) is 2. The molecule has 1 fully saturated rings. The highest BCUT2D eigenvalue weighted by Crippen LogP contribution is 2.27. The Morgan fingerprint density at radius 3 is 2.88 bits per heavy atom. The van der Waals surface area contributed by atoms with Gasteiger partial charge < -0.3 is 15.4 Å². The molecule has 1 aliphatic heterocycles. The summed E-state index contributed by atoms with van der Waals surface area (Å²) in [5.41, 5.74) is 0.150. The van der Waals surface area contributed by atoms with Crippen LogP contribution in [0.2, 0.25) is 5.02 Å². The van der Waals surface area contributed by atoms with Gasteiger partial charge in [-0.15, -0.1) is 0 Å². The van der Waals surface area contributed by atoms with Gasteiger partial charge in [-0.25, -0.2) is 0 Å². The quantitative estimate of drug-likeness (QED) is 0.413. The van der Waals surface area contributed by atoms with E-state index in [0.717, 1.165) is 16.7 Å². The van der Waals surface area contributed by atoms with Crippen molar-refractivity contribution in [3.8, 4) is 11.8 Å². The van der Waals surface area contributed by atoms with Crippen molar-refractivity contribution >= 4 is 46.1 Å². The van der Waals surface area contributed by atoms with E-state index in [9.17, 15) is 14.4 Å². The fourth-order valence-corrected chi connectivity index (χ4v) is 2.99. The largest absolute Gasteiger partial charge is 0.495 e. The Balaban J connectivity index is 1.95. The third-order valence-electron chi connectivity index (χ3n) is 3.34. The predicted octanol–water partition coefficient (Wildman–Crippen LogP) is 1.98. The van der Waals surface area contributed by atoms with Crippen molar-refractivity contribution < 1.29 is 19.1 Å². The molecule has 2 N–H and O–H groups in total. The summed E-state index contributed by atoms with van der Waals surface area (Å²) in [6.45, 7) is 0.376. The topological polar surface area (TPSA) is 112 Å². The van der Waals surface area contributed by atoms with Crippen molar-refractivity contribution in [2.75, 3.05) is 31.3 Å². The highest BCUT2D eigenvalue weighted by Gasteiger charge is 2.29. The van der Waals surface area contributed by atoms with Gasteiger partial charge in [0, 0.05) is 24.3 Å². The molecule has 1 aromatic carbocycles. The normalized spacial score (nSPS) is 14.2. The van der Waals surface area contributed by atoms with Gasteiger partial charge in [-0.1, -0.05) is 23.4 Å². The number of carbonyl (C=O) groups is 3. The van der Waals surface area contributed by atoms with Crippen LogP contribution < -0.4 is 15.4 Å². The third kappa shape index (κ3) is 4.91. The molecule has 1 aliphatic rings. The summed E-state index contributed by atoms with van der Waals surface area (Å²) < 4.78 is 5.13. The van der Waals surface area contributed by atoms with Gasteiger partial charge in [-0.3, -0.25) is 19.3 Å². The minimum Gasteiger partial charge on any atom is -0.495 e. The third-order valence-corrected chi connectivity index (χ3v) is 4.44. The van der Waals surface area contributed by atoms with Crippen molar-refractivity contribution in [2.24, 2.45) is 0 Å². The number of ether oxygens (including phenoxy) is 1. The maximum absolute atomic E-state index is 12.2. The minimum absolute atomic E-state index is 0.141. The van der Waals surface area contributed by atoms with E-state index < -0.39 is 5.91 Å². The molecule has 8 nitrogen and oxygen atoms in total. The Bertz CT molecular complexity index is 790. The van der Waals surface area contributed by atoms with Gasteiger partial charge >= 0.3 is 0 Å². The molecular formula is C16H15ClN4O4S. The number of nitriles is 1. The molecule has 0 aromatic heterocycles. The number of imide groups is 1. The van der Waals surface area contributed by atoms with E-state index in [0.29, 0.717) is 16.5 Å². The van der Waals surface area contributed by atoms with E-state index in [1.54, 1.807) is 18.2 Å². The van der Waals surface area contributed by atoms with Gasteiger partial charge in [0.1, 0.15) is 17.4 Å². The van der Waals surface area contributed by atoms with Crippen LogP contribution in [0, 0.1) is 11.3 Å². The number of amides is 3. The van der Waals surface area contributed by atoms with Gasteiger partial charge in [0.25, 0.3) is 11.1 Å². The Kier molecular flexibility index (Phi) is 6.89. The van der Waals surface area contributed by atoms with Gasteiger partial charge in [0.15, 0.2) is 0 Å². The van der Waals surface area contributed by atoms with E-state index in [4.69, 9.17) is 21.6 Å². The van der Waals surface area contributed by atoms with Gasteiger partial charge in [0.05, 0.1) is 18.6 Å². The molecule has 0 aliphatic carbocycles. The second-order valence-corrected chi connectivity index (χ2v) is 6.39. The van der Waals surface area contributed by atoms with E-state index in [2.05, 4.69) is 10.6 Å². The summed E-state index contributed by atoms with van der Waals surface area (Å²) in [6.07, 6.45) is 1.23. The molecule has 0 radical (unpaired) electrons. The zero-order valence-corrected chi connectivity index (χ0v) is 15.3. The maximum atomic E-state index is 12.2. The molecule has 0 unspecified atom stereocenters. The van der Waals surface area contributed by atoms with Crippen molar-refractivity contribution in [1.29, 1.82) is 5.26 Å². The summed E-state index contributed by atoms with van der Waals surface area (Å²) >= 11 is 6.85. The van der Waals surface area contributed by atoms with Crippen LogP contribution in [0.4, 0.5) is 10.5 Å². The molecule has 0 saturated carbocycles. The van der Waals surface area contributed by atoms with Crippen LogP contribution in [-0.4, -0.2) is 47.9 Å². The second kappa shape index (κ2) is 9.12. The molecule has 26 heavy (non-hydrogen) atoms. The fraction of sp³-hybridized carbons (Fsp3) is 0.250. The zero-order chi connectivity index (χ0) is 19.1. The molecule has 3 amide bonds. The number of hydrogen-bond acceptors (Lipinski definition) is 7. The Morgan fingerprint density at radius 2 is 2.27 bits per heavy atom. The van der Waals surface area contributed by atoms with Crippen LogP contribution in [0.3, 0.4) is 0 Å². The zero-order valence-electron chi connectivity index (χ0n) is 13.7. The molecule has 1 heterocycles. The fourth-order valence-electron chi connectivity index (χ4n) is 2.06. The van der Waals surface area contributed by atoms with Crippen LogP contribution in [0.1, 0.15) is 0 Å². The summed E-state index contributed by atoms with van der Waals surface area (Å²) in [4.78, 5) is 36.3. The monoisotopic (exact) mass is 394 g/mol. The number of hydrogen-bond donors (Lipinski definition) is 2. The number of thioether (sulfide) groups is 1. The number of rotatable bonds is 7. The van der Waals surface area contributed by atoms with Crippen LogP contribution in [0.5, 0.6) is 5.75 Å². The first-order valence-corrected chi connectivity index (χ1v) is 8.78. The van der Waals surface area contributed by atoms with Crippen LogP contribution in [-0.2, 0) is 9.59 Å². The summed E-state index contributed by atoms with van der Waals surface area (Å²) in [5, 5.41) is 14.6. The minimum atomic E-state index is -0.649. The predicted molar refractivity (Wildman–Crippen MR) is 97.9 cm³/mol. The lowest BCUT2D eigenvalue weighted by Crippen LogP contribution is -2.34. The molecule has 1 aromatic rings. The number of nitrogens with one attached hydrogen (secondary N) is 2. The SMILES string of the molecule is COc1ccc(Cl)cc1NC(=O)/C(C#N)=C\NCCN1C(=O)CSC1=O. The van der Waals surface area contributed by atoms with Crippen LogP contribution in [0.25, 0.3) is 0 Å². The first-order chi connectivity index (χ1) is 12.5. The summed E-state index contributed by atoms with van der Waals surface area (Å²) in [7, 11) is 1.45. The van der Waals surface area contributed by atoms with Gasteiger partial charge in [-0.05, 0) is 18.2 Å². The Morgan fingerprint density at radius 1 is 1.50 bits per heavy atom. The van der Waals surface area contributed by atoms with Gasteiger partial charge in [-0.2, -0.15) is 5.26 Å². The molecule has 10 heteroatoms. The smallest absolute Gasteiger partial charge is 0.288 e. The first kappa shape index (κ1) is 19.6. The average molecular weight is 395 g/mol. The van der Waals surface area contributed by atoms with E-state index >= 15 is 0 Å². The Hall–Kier alpha value is -2.70. The molecule has 0 atom stereocenters. The van der Waals surface area contributed by atoms with Crippen molar-refractivity contribution in [3.63, 3.8) is 0 Å². The molecule has 136 valence electrons. The molecule has 0 bridgehead atoms. The summed E-state index contributed by atoms with van der Waals surface area (Å²) in [5.74, 6) is -0.361. The molecular weight excluding hydrogens is 380 g/mol. The lowest BCUT2D eigenvalue weighted by atomic mass is 10.2. The standard InChI is InChI=1S/C16H15ClN4O4S/c1-25-13-3-2-11(17)6-12(13)20-15(23)10(7-18)8-19-4-5-21-14(22)9-26-16(21)24/h2-3,6,8,19H,4-5,9H2,1H3,(H,20,23)/b10-8-. The van der Waals surface area contributed by atoms with E-state index in [-0.39, 0.29) is 35.6 Å². The molecule has 1 saturated heterocycles. The molecule has 0 spiro atoms. The number of halogens is 1. The van der Waals surface area contributed by atoms with E-state index in [1.807, 2.05) is 0 Å². The van der Waals surface area contributed by atoms with Crippen molar-refractivity contribution in [2.45, 2.75) is 0 Å². The lowest BCUT2D eigenvalue weighted by molar-refractivity contribution is -0.124. The summed E-state index contributed by atoms with van der Waals surface area (Å²) in [6, 6.07) is 6.48. The lowest BCUT2D eigenvalue weighted by Gasteiger charge is -2.12. The van der Waals surface area contributed by atoms with E-state index in [1.165, 1.54) is 19.4 Å². The highest BCUT2D eigenvalue weighted by atomic mass is 35.5. The Labute approximate surface area is 159 Å². The van der Waals surface area contributed by atoms with Crippen LogP contribution >= 0.6 is 23.4 Å². The van der Waals surface area contributed by atoms with Crippen LogP contribution in [0.15, 0.2) is 30.0 Å². The number of carbonyl (C=O) groups excluding carboxylic acids is 3. The average Bonchev–Trinajstić information content (AvgIpc) is 2.93. The molecule has 2 rings (SSSR count). The van der Waals surface area contributed by atoms with Gasteiger partial charge in [0.2, 0.25) is 5.91 Å². The highest BCUT2D eigenvalue weighted by molar-refractivity contribution is 8.14. The van der Waals surface area contributed by atoms with Crippen molar-refractivity contribution in [3.05, 3.63) is 35.0 Å².